The van der Waals surface area contributed by atoms with Crippen molar-refractivity contribution in [2.24, 2.45) is 0 Å². The van der Waals surface area contributed by atoms with Crippen molar-refractivity contribution in [2.45, 2.75) is 5.03 Å². The lowest BCUT2D eigenvalue weighted by atomic mass is 10.3. The third kappa shape index (κ3) is 4.26. The molecular formula is C12H18N4O3S. The van der Waals surface area contributed by atoms with Gasteiger partial charge < -0.3 is 10.6 Å². The number of nitrogens with zero attached hydrogens (tertiary/aromatic N) is 2. The molecule has 0 bridgehead atoms. The summed E-state index contributed by atoms with van der Waals surface area (Å²) in [5.41, 5.74) is 0.498. The highest BCUT2D eigenvalue weighted by Gasteiger charge is 2.14. The second kappa shape index (κ2) is 6.29. The summed E-state index contributed by atoms with van der Waals surface area (Å²) in [5.74, 6) is -0.124. The molecule has 0 saturated carbocycles. The van der Waals surface area contributed by atoms with Crippen molar-refractivity contribution in [3.05, 3.63) is 18.3 Å². The molecule has 0 radical (unpaired) electrons. The third-order valence-corrected chi connectivity index (χ3v) is 3.98. The van der Waals surface area contributed by atoms with Crippen molar-refractivity contribution in [1.82, 2.24) is 15.2 Å². The smallest absolute Gasteiger partial charge is 0.238 e. The predicted molar refractivity (Wildman–Crippen MR) is 75.3 cm³/mol. The second-order valence-corrected chi connectivity index (χ2v) is 6.69. The molecule has 1 aromatic rings. The number of nitrogens with one attached hydrogen (secondary N) is 2. The van der Waals surface area contributed by atoms with Gasteiger partial charge in [-0.15, -0.1) is 0 Å². The van der Waals surface area contributed by atoms with Crippen LogP contribution in [0.4, 0.5) is 5.69 Å². The van der Waals surface area contributed by atoms with Gasteiger partial charge in [-0.3, -0.25) is 9.69 Å². The molecule has 0 aliphatic carbocycles. The van der Waals surface area contributed by atoms with Crippen LogP contribution in [0.15, 0.2) is 23.4 Å². The van der Waals surface area contributed by atoms with Crippen molar-refractivity contribution in [3.63, 3.8) is 0 Å². The maximum absolute atomic E-state index is 11.8. The number of carbonyl (C=O) groups is 1. The molecule has 1 saturated heterocycles. The summed E-state index contributed by atoms with van der Waals surface area (Å²) in [6.45, 7) is 3.79. The SMILES string of the molecule is CS(=O)(=O)c1ccc(NC(=O)CN2CCNCC2)cn1. The van der Waals surface area contributed by atoms with E-state index in [-0.39, 0.29) is 10.9 Å². The van der Waals surface area contributed by atoms with Gasteiger partial charge in [0.15, 0.2) is 14.9 Å². The summed E-state index contributed by atoms with van der Waals surface area (Å²) in [6.07, 6.45) is 2.45. The van der Waals surface area contributed by atoms with Crippen molar-refractivity contribution in [2.75, 3.05) is 44.3 Å². The molecule has 0 unspecified atom stereocenters. The fourth-order valence-electron chi connectivity index (χ4n) is 1.95. The van der Waals surface area contributed by atoms with Crippen LogP contribution in [0, 0.1) is 0 Å². The molecule has 20 heavy (non-hydrogen) atoms. The van der Waals surface area contributed by atoms with Crippen LogP contribution in [0.1, 0.15) is 0 Å². The molecule has 1 aliphatic heterocycles. The lowest BCUT2D eigenvalue weighted by molar-refractivity contribution is -0.117. The normalized spacial score (nSPS) is 16.9. The van der Waals surface area contributed by atoms with Crippen LogP contribution in [0.2, 0.25) is 0 Å². The van der Waals surface area contributed by atoms with Crippen LogP contribution in [0.25, 0.3) is 0 Å². The van der Waals surface area contributed by atoms with Gasteiger partial charge in [-0.25, -0.2) is 13.4 Å². The average molecular weight is 298 g/mol. The monoisotopic (exact) mass is 298 g/mol. The van der Waals surface area contributed by atoms with E-state index in [9.17, 15) is 13.2 Å². The first-order valence-electron chi connectivity index (χ1n) is 6.34. The molecule has 1 aromatic heterocycles. The molecule has 110 valence electrons. The number of hydrogen-bond donors (Lipinski definition) is 2. The van der Waals surface area contributed by atoms with Gasteiger partial charge in [0, 0.05) is 32.4 Å². The molecule has 0 aromatic carbocycles. The Balaban J connectivity index is 1.91. The summed E-state index contributed by atoms with van der Waals surface area (Å²) in [7, 11) is -3.31. The number of pyridine rings is 1. The fourth-order valence-corrected chi connectivity index (χ4v) is 2.51. The molecule has 2 heterocycles. The topological polar surface area (TPSA) is 91.4 Å². The lowest BCUT2D eigenvalue weighted by Gasteiger charge is -2.26. The highest BCUT2D eigenvalue weighted by atomic mass is 32.2. The first-order chi connectivity index (χ1) is 9.45. The van der Waals surface area contributed by atoms with Gasteiger partial charge in [0.2, 0.25) is 5.91 Å². The highest BCUT2D eigenvalue weighted by Crippen LogP contribution is 2.10. The average Bonchev–Trinajstić information content (AvgIpc) is 2.39. The summed E-state index contributed by atoms with van der Waals surface area (Å²) >= 11 is 0. The first kappa shape index (κ1) is 14.9. The van der Waals surface area contributed by atoms with Crippen molar-refractivity contribution >= 4 is 21.4 Å². The molecule has 1 amide bonds. The standard InChI is InChI=1S/C12H18N4O3S/c1-20(18,19)12-3-2-10(8-14-12)15-11(17)9-16-6-4-13-5-7-16/h2-3,8,13H,4-7,9H2,1H3,(H,15,17). The summed E-state index contributed by atoms with van der Waals surface area (Å²) in [5, 5.41) is 5.93. The molecule has 2 N–H and O–H groups in total. The van der Waals surface area contributed by atoms with Crippen molar-refractivity contribution in [1.29, 1.82) is 0 Å². The van der Waals surface area contributed by atoms with Crippen LogP contribution in [0.3, 0.4) is 0 Å². The highest BCUT2D eigenvalue weighted by molar-refractivity contribution is 7.90. The third-order valence-electron chi connectivity index (χ3n) is 2.98. The lowest BCUT2D eigenvalue weighted by Crippen LogP contribution is -2.46. The Morgan fingerprint density at radius 3 is 2.65 bits per heavy atom. The summed E-state index contributed by atoms with van der Waals surface area (Å²) < 4.78 is 22.5. The summed E-state index contributed by atoms with van der Waals surface area (Å²) in [6, 6.07) is 2.93. The Bertz CT molecular complexity index is 565. The minimum atomic E-state index is -3.31. The molecule has 0 atom stereocenters. The number of aromatic nitrogens is 1. The van der Waals surface area contributed by atoms with Gasteiger partial charge in [0.1, 0.15) is 0 Å². The summed E-state index contributed by atoms with van der Waals surface area (Å²) in [4.78, 5) is 17.7. The van der Waals surface area contributed by atoms with Crippen LogP contribution in [-0.4, -0.2) is 63.2 Å². The molecule has 1 aliphatic rings. The second-order valence-electron chi connectivity index (χ2n) is 4.73. The number of rotatable bonds is 4. The largest absolute Gasteiger partial charge is 0.324 e. The Kier molecular flexibility index (Phi) is 4.69. The van der Waals surface area contributed by atoms with Gasteiger partial charge in [-0.2, -0.15) is 0 Å². The quantitative estimate of drug-likeness (QED) is 0.766. The van der Waals surface area contributed by atoms with Crippen LogP contribution in [0.5, 0.6) is 0 Å². The number of carbonyl (C=O) groups excluding carboxylic acids is 1. The molecule has 0 spiro atoms. The van der Waals surface area contributed by atoms with E-state index in [1.54, 1.807) is 6.07 Å². The van der Waals surface area contributed by atoms with E-state index < -0.39 is 9.84 Å². The number of piperazine rings is 1. The minimum Gasteiger partial charge on any atom is -0.324 e. The van der Waals surface area contributed by atoms with E-state index in [0.717, 1.165) is 32.4 Å². The number of hydrogen-bond acceptors (Lipinski definition) is 6. The van der Waals surface area contributed by atoms with Gasteiger partial charge >= 0.3 is 0 Å². The van der Waals surface area contributed by atoms with E-state index in [1.165, 1.54) is 12.3 Å². The van der Waals surface area contributed by atoms with Gasteiger partial charge in [0.25, 0.3) is 0 Å². The van der Waals surface area contributed by atoms with E-state index in [4.69, 9.17) is 0 Å². The van der Waals surface area contributed by atoms with Crippen LogP contribution in [-0.2, 0) is 14.6 Å². The zero-order chi connectivity index (χ0) is 14.6. The molecule has 1 fully saturated rings. The Labute approximate surface area is 118 Å². The number of amides is 1. The van der Waals surface area contributed by atoms with E-state index in [1.807, 2.05) is 0 Å². The van der Waals surface area contributed by atoms with E-state index in [2.05, 4.69) is 20.5 Å². The maximum Gasteiger partial charge on any atom is 0.238 e. The predicted octanol–water partition coefficient (Wildman–Crippen LogP) is -0.671. The van der Waals surface area contributed by atoms with Gasteiger partial charge in [0.05, 0.1) is 18.4 Å². The van der Waals surface area contributed by atoms with Crippen molar-refractivity contribution in [3.8, 4) is 0 Å². The van der Waals surface area contributed by atoms with Crippen LogP contribution >= 0.6 is 0 Å². The van der Waals surface area contributed by atoms with Crippen LogP contribution < -0.4 is 10.6 Å². The zero-order valence-electron chi connectivity index (χ0n) is 11.3. The Morgan fingerprint density at radius 1 is 1.40 bits per heavy atom. The first-order valence-corrected chi connectivity index (χ1v) is 8.23. The Hall–Kier alpha value is -1.51. The minimum absolute atomic E-state index is 0.00222. The zero-order valence-corrected chi connectivity index (χ0v) is 12.1. The van der Waals surface area contributed by atoms with Crippen molar-refractivity contribution < 1.29 is 13.2 Å². The van der Waals surface area contributed by atoms with E-state index in [0.29, 0.717) is 12.2 Å². The number of sulfone groups is 1. The fraction of sp³-hybridized carbons (Fsp3) is 0.500. The molecule has 2 rings (SSSR count). The number of anilines is 1. The van der Waals surface area contributed by atoms with Gasteiger partial charge in [-0.05, 0) is 12.1 Å². The van der Waals surface area contributed by atoms with E-state index >= 15 is 0 Å². The molecule has 8 heteroatoms. The Morgan fingerprint density at radius 2 is 2.10 bits per heavy atom. The maximum atomic E-state index is 11.8. The molecule has 7 nitrogen and oxygen atoms in total. The molecular weight excluding hydrogens is 280 g/mol. The van der Waals surface area contributed by atoms with Gasteiger partial charge in [-0.1, -0.05) is 0 Å².